The molecule has 0 aliphatic heterocycles. The first-order chi connectivity index (χ1) is 9.15. The number of halogens is 1. The van der Waals surface area contributed by atoms with E-state index in [2.05, 4.69) is 12.2 Å². The molecular weight excluding hydrogens is 268 g/mol. The second kappa shape index (κ2) is 8.72. The molecule has 1 aromatic carbocycles. The van der Waals surface area contributed by atoms with Crippen molar-refractivity contribution in [1.29, 1.82) is 0 Å². The Morgan fingerprint density at radius 2 is 2.11 bits per heavy atom. The van der Waals surface area contributed by atoms with Crippen LogP contribution in [0.15, 0.2) is 18.2 Å². The minimum Gasteiger partial charge on any atom is -0.384 e. The van der Waals surface area contributed by atoms with Gasteiger partial charge in [-0.05, 0) is 18.9 Å². The Bertz CT molecular complexity index is 413. The van der Waals surface area contributed by atoms with E-state index in [1.165, 1.54) is 12.1 Å². The summed E-state index contributed by atoms with van der Waals surface area (Å²) in [4.78, 5) is 10.1. The van der Waals surface area contributed by atoms with Crippen molar-refractivity contribution in [3.63, 3.8) is 0 Å². The molecule has 0 heterocycles. The minimum atomic E-state index is -0.461. The van der Waals surface area contributed by atoms with E-state index >= 15 is 0 Å². The second-order valence-electron chi connectivity index (χ2n) is 4.17. The molecule has 0 saturated heterocycles. The van der Waals surface area contributed by atoms with Gasteiger partial charge in [-0.15, -0.1) is 0 Å². The van der Waals surface area contributed by atoms with Gasteiger partial charge in [0, 0.05) is 31.9 Å². The molecule has 0 fully saturated rings. The number of rotatable bonds is 9. The molecule has 106 valence electrons. The molecule has 0 bridgehead atoms. The maximum absolute atomic E-state index is 10.6. The van der Waals surface area contributed by atoms with Crippen LogP contribution in [-0.2, 0) is 4.74 Å². The number of nitrogens with one attached hydrogen (secondary N) is 1. The molecule has 0 aromatic heterocycles. The number of non-ortho nitro benzene ring substituents is 1. The van der Waals surface area contributed by atoms with Crippen LogP contribution in [0.25, 0.3) is 0 Å². The first-order valence-corrected chi connectivity index (χ1v) is 6.78. The predicted octanol–water partition coefficient (Wildman–Crippen LogP) is 3.87. The van der Waals surface area contributed by atoms with Gasteiger partial charge in [-0.25, -0.2) is 0 Å². The number of hydrogen-bond acceptors (Lipinski definition) is 4. The fraction of sp³-hybridized carbons (Fsp3) is 0.538. The summed E-state index contributed by atoms with van der Waals surface area (Å²) >= 11 is 5.96. The number of ether oxygens (including phenoxy) is 1. The monoisotopic (exact) mass is 286 g/mol. The highest BCUT2D eigenvalue weighted by Crippen LogP contribution is 2.26. The topological polar surface area (TPSA) is 64.4 Å². The highest BCUT2D eigenvalue weighted by Gasteiger charge is 2.08. The summed E-state index contributed by atoms with van der Waals surface area (Å²) in [5.41, 5.74) is 0.708. The standard InChI is InChI=1S/C13H19ClN2O3/c1-2-3-8-19-9-4-7-15-13-6-5-11(16(17)18)10-12(13)14/h5-6,10,15H,2-4,7-9H2,1H3. The van der Waals surface area contributed by atoms with E-state index in [9.17, 15) is 10.1 Å². The fourth-order valence-corrected chi connectivity index (χ4v) is 1.75. The Morgan fingerprint density at radius 1 is 1.37 bits per heavy atom. The average molecular weight is 287 g/mol. The van der Waals surface area contributed by atoms with Crippen molar-refractivity contribution < 1.29 is 9.66 Å². The van der Waals surface area contributed by atoms with Gasteiger partial charge >= 0.3 is 0 Å². The summed E-state index contributed by atoms with van der Waals surface area (Å²) in [6.45, 7) is 4.36. The van der Waals surface area contributed by atoms with E-state index in [1.54, 1.807) is 6.07 Å². The third-order valence-corrected chi connectivity index (χ3v) is 2.90. The SMILES string of the molecule is CCCCOCCCNc1ccc([N+](=O)[O-])cc1Cl. The van der Waals surface area contributed by atoms with Gasteiger partial charge in [-0.2, -0.15) is 0 Å². The Kier molecular flexibility index (Phi) is 7.22. The molecule has 1 rings (SSSR count). The van der Waals surface area contributed by atoms with Crippen molar-refractivity contribution in [2.45, 2.75) is 26.2 Å². The van der Waals surface area contributed by atoms with Crippen LogP contribution < -0.4 is 5.32 Å². The molecule has 5 nitrogen and oxygen atoms in total. The fourth-order valence-electron chi connectivity index (χ4n) is 1.51. The molecule has 0 spiro atoms. The second-order valence-corrected chi connectivity index (χ2v) is 4.57. The van der Waals surface area contributed by atoms with Gasteiger partial charge in [0.1, 0.15) is 0 Å². The number of benzene rings is 1. The Morgan fingerprint density at radius 3 is 2.74 bits per heavy atom. The van der Waals surface area contributed by atoms with Crippen molar-refractivity contribution in [3.8, 4) is 0 Å². The molecule has 6 heteroatoms. The van der Waals surface area contributed by atoms with Crippen LogP contribution >= 0.6 is 11.6 Å². The summed E-state index contributed by atoms with van der Waals surface area (Å²) in [6, 6.07) is 4.41. The molecule has 0 atom stereocenters. The molecule has 0 radical (unpaired) electrons. The molecule has 0 amide bonds. The van der Waals surface area contributed by atoms with E-state index < -0.39 is 4.92 Å². The van der Waals surface area contributed by atoms with Crippen LogP contribution in [0.1, 0.15) is 26.2 Å². The summed E-state index contributed by atoms with van der Waals surface area (Å²) in [7, 11) is 0. The van der Waals surface area contributed by atoms with Gasteiger partial charge in [-0.3, -0.25) is 10.1 Å². The van der Waals surface area contributed by atoms with Gasteiger partial charge in [0.05, 0.1) is 15.6 Å². The van der Waals surface area contributed by atoms with Crippen LogP contribution in [0, 0.1) is 10.1 Å². The Hall–Kier alpha value is -1.33. The molecule has 1 aromatic rings. The number of hydrogen-bond donors (Lipinski definition) is 1. The predicted molar refractivity (Wildman–Crippen MR) is 76.9 cm³/mol. The summed E-state index contributed by atoms with van der Waals surface area (Å²) in [5.74, 6) is 0. The van der Waals surface area contributed by atoms with Crippen molar-refractivity contribution in [3.05, 3.63) is 33.3 Å². The van der Waals surface area contributed by atoms with Crippen LogP contribution in [0.2, 0.25) is 5.02 Å². The van der Waals surface area contributed by atoms with Crippen molar-refractivity contribution in [2.75, 3.05) is 25.1 Å². The van der Waals surface area contributed by atoms with Gasteiger partial charge in [0.2, 0.25) is 0 Å². The van der Waals surface area contributed by atoms with E-state index in [1.807, 2.05) is 0 Å². The maximum Gasteiger partial charge on any atom is 0.271 e. The van der Waals surface area contributed by atoms with Gasteiger partial charge < -0.3 is 10.1 Å². The number of nitrogens with zero attached hydrogens (tertiary/aromatic N) is 1. The molecule has 0 saturated carbocycles. The van der Waals surface area contributed by atoms with Crippen LogP contribution in [-0.4, -0.2) is 24.7 Å². The molecule has 1 N–H and O–H groups in total. The third kappa shape index (κ3) is 5.89. The van der Waals surface area contributed by atoms with Crippen molar-refractivity contribution in [2.24, 2.45) is 0 Å². The van der Waals surface area contributed by atoms with Gasteiger partial charge in [-0.1, -0.05) is 24.9 Å². The maximum atomic E-state index is 10.6. The van der Waals surface area contributed by atoms with E-state index in [0.29, 0.717) is 17.3 Å². The van der Waals surface area contributed by atoms with Crippen molar-refractivity contribution in [1.82, 2.24) is 0 Å². The molecule has 0 aliphatic rings. The average Bonchev–Trinajstić information content (AvgIpc) is 2.39. The largest absolute Gasteiger partial charge is 0.384 e. The lowest BCUT2D eigenvalue weighted by Gasteiger charge is -2.08. The summed E-state index contributed by atoms with van der Waals surface area (Å²) in [5, 5.41) is 14.1. The molecule has 19 heavy (non-hydrogen) atoms. The zero-order valence-electron chi connectivity index (χ0n) is 11.0. The van der Waals surface area contributed by atoms with Gasteiger partial charge in [0.25, 0.3) is 5.69 Å². The molecule has 0 unspecified atom stereocenters. The number of unbranched alkanes of at least 4 members (excludes halogenated alkanes) is 1. The highest BCUT2D eigenvalue weighted by atomic mass is 35.5. The van der Waals surface area contributed by atoms with Crippen LogP contribution in [0.4, 0.5) is 11.4 Å². The lowest BCUT2D eigenvalue weighted by Crippen LogP contribution is -2.06. The zero-order valence-corrected chi connectivity index (χ0v) is 11.8. The summed E-state index contributed by atoms with van der Waals surface area (Å²) < 4.78 is 5.43. The Labute approximate surface area is 118 Å². The van der Waals surface area contributed by atoms with E-state index in [4.69, 9.17) is 16.3 Å². The number of nitro groups is 1. The Balaban J connectivity index is 2.28. The number of anilines is 1. The number of nitro benzene ring substituents is 1. The lowest BCUT2D eigenvalue weighted by molar-refractivity contribution is -0.384. The lowest BCUT2D eigenvalue weighted by atomic mass is 10.2. The first kappa shape index (κ1) is 15.7. The highest BCUT2D eigenvalue weighted by molar-refractivity contribution is 6.33. The molecular formula is C13H19ClN2O3. The van der Waals surface area contributed by atoms with Crippen LogP contribution in [0.5, 0.6) is 0 Å². The molecule has 0 aliphatic carbocycles. The smallest absolute Gasteiger partial charge is 0.271 e. The van der Waals surface area contributed by atoms with Crippen LogP contribution in [0.3, 0.4) is 0 Å². The van der Waals surface area contributed by atoms with E-state index in [0.717, 1.165) is 32.4 Å². The van der Waals surface area contributed by atoms with Crippen molar-refractivity contribution >= 4 is 23.0 Å². The van der Waals surface area contributed by atoms with E-state index in [-0.39, 0.29) is 5.69 Å². The first-order valence-electron chi connectivity index (χ1n) is 6.40. The minimum absolute atomic E-state index is 0.00144. The normalized spacial score (nSPS) is 10.4. The zero-order chi connectivity index (χ0) is 14.1. The third-order valence-electron chi connectivity index (χ3n) is 2.59. The van der Waals surface area contributed by atoms with Gasteiger partial charge in [0.15, 0.2) is 0 Å². The quantitative estimate of drug-likeness (QED) is 0.425. The summed E-state index contributed by atoms with van der Waals surface area (Å²) in [6.07, 6.45) is 3.09.